The maximum Gasteiger partial charge on any atom is 0.326 e. The van der Waals surface area contributed by atoms with Gasteiger partial charge < -0.3 is 101 Å². The monoisotopic (exact) mass is 1230 g/mol. The maximum atomic E-state index is 14.6. The number of aromatic hydroxyl groups is 1. The second-order valence-corrected chi connectivity index (χ2v) is 22.0. The van der Waals surface area contributed by atoms with E-state index in [4.69, 9.17) is 33.4 Å². The first-order chi connectivity index (χ1) is 41.1. The van der Waals surface area contributed by atoms with E-state index in [2.05, 4.69) is 73.8 Å². The number of aromatic amines is 1. The summed E-state index contributed by atoms with van der Waals surface area (Å²) in [5.41, 5.74) is 17.5. The number of carbonyl (C=O) groups is 9. The number of nitrogens with two attached hydrogens (primary N) is 3. The number of aliphatic hydroxyl groups excluding tert-OH is 1. The predicted molar refractivity (Wildman–Crippen MR) is 323 cm³/mol. The van der Waals surface area contributed by atoms with E-state index in [9.17, 15) is 58.5 Å². The van der Waals surface area contributed by atoms with Gasteiger partial charge in [-0.1, -0.05) is 60.1 Å². The number of benzene rings is 1. The van der Waals surface area contributed by atoms with Crippen LogP contribution in [0.4, 0.5) is 0 Å². The Labute approximate surface area is 506 Å². The number of aliphatic hydroxyl groups is 1. The quantitative estimate of drug-likeness (QED) is 0.0174. The molecule has 486 valence electrons. The number of aliphatic carboxylic acids is 1. The van der Waals surface area contributed by atoms with Crippen molar-refractivity contribution in [3.63, 3.8) is 0 Å². The first-order valence-electron chi connectivity index (χ1n) is 29.0. The summed E-state index contributed by atoms with van der Waals surface area (Å²) in [5.74, 6) is -10.1. The Kier molecular flexibility index (Phi) is 33.3. The molecule has 1 aromatic carbocycles. The van der Waals surface area contributed by atoms with Gasteiger partial charge in [0.25, 0.3) is 0 Å². The summed E-state index contributed by atoms with van der Waals surface area (Å²) >= 11 is 0. The van der Waals surface area contributed by atoms with E-state index < -0.39 is 120 Å². The highest BCUT2D eigenvalue weighted by Crippen LogP contribution is 2.15. The second kappa shape index (κ2) is 39.0. The molecule has 0 aliphatic rings. The number of guanidine groups is 3. The number of phenolic OH excluding ortho intramolecular Hbond substituents is 1. The maximum absolute atomic E-state index is 14.6. The number of nitrogens with zero attached hydrogens (tertiary/aromatic N) is 1. The molecule has 87 heavy (non-hydrogen) atoms. The fraction of sp³-hybridized carbons (Fsp3) is 0.618. The number of carbonyl (C=O) groups excluding carboxylic acids is 8. The number of rotatable bonds is 41. The molecular weight excluding hydrogens is 1130 g/mol. The summed E-state index contributed by atoms with van der Waals surface area (Å²) in [6.07, 6.45) is 3.37. The smallest absolute Gasteiger partial charge is 0.326 e. The van der Waals surface area contributed by atoms with Crippen molar-refractivity contribution in [1.29, 1.82) is 16.2 Å². The van der Waals surface area contributed by atoms with Crippen LogP contribution in [0.2, 0.25) is 0 Å². The van der Waals surface area contributed by atoms with Crippen molar-refractivity contribution in [2.24, 2.45) is 35.0 Å². The van der Waals surface area contributed by atoms with E-state index in [1.54, 1.807) is 60.7 Å². The van der Waals surface area contributed by atoms with Crippen molar-refractivity contribution in [3.05, 3.63) is 48.0 Å². The standard InChI is InChI=1S/C55H94N20O12/c1-8-31(6)43(52(86)87)75-51(85)42(27-76)74-49(83)40(23-30(4)5)72-48(82)39(22-29(2)3)71-45(79)36(13-10-20-65-54(58)59)68-44(78)35(12-9-19-64-53(56)57)70-50(84)41(25-33-26-63-28-67-33)73-46(80)37(14-11-21-66-55(60)61)69-47(81)38(62-7)24-32-15-17-34(77)18-16-32/h15-18,26,28-31,35-43,62,76-77H,8-14,19-25,27H2,1-7H3,(H,63,67)(H,68,78)(H,69,81)(H,70,84)(H,71,79)(H,72,82)(H,73,80)(H,74,83)(H,75,85)(H,86,87)(H4,56,57,64)(H4,58,59,65)(H4,60,61,66)/t31-,35-,36-,37-,38+,39-,40-,41-,42-,43-/m0/s1. The van der Waals surface area contributed by atoms with Gasteiger partial charge in [-0.3, -0.25) is 54.6 Å². The summed E-state index contributed by atoms with van der Waals surface area (Å²) in [5, 5.41) is 84.3. The lowest BCUT2D eigenvalue weighted by Gasteiger charge is -2.29. The van der Waals surface area contributed by atoms with Gasteiger partial charge in [0.1, 0.15) is 54.1 Å². The molecule has 1 heterocycles. The summed E-state index contributed by atoms with van der Waals surface area (Å²) in [4.78, 5) is 132. The normalized spacial score (nSPS) is 14.6. The molecule has 0 saturated heterocycles. The van der Waals surface area contributed by atoms with Crippen LogP contribution in [-0.2, 0) is 56.0 Å². The Morgan fingerprint density at radius 2 is 0.908 bits per heavy atom. The highest BCUT2D eigenvalue weighted by atomic mass is 16.4. The van der Waals surface area contributed by atoms with Gasteiger partial charge in [-0.25, -0.2) is 9.78 Å². The topological polar surface area (TPSA) is 537 Å². The Bertz CT molecular complexity index is 2570. The third-order valence-corrected chi connectivity index (χ3v) is 13.8. The summed E-state index contributed by atoms with van der Waals surface area (Å²) in [6.45, 7) is 9.77. The lowest BCUT2D eigenvalue weighted by atomic mass is 9.98. The second-order valence-electron chi connectivity index (χ2n) is 22.0. The van der Waals surface area contributed by atoms with E-state index in [1.165, 1.54) is 24.7 Å². The van der Waals surface area contributed by atoms with Gasteiger partial charge in [-0.2, -0.15) is 0 Å². The lowest BCUT2D eigenvalue weighted by molar-refractivity contribution is -0.144. The number of nitrogens with one attached hydrogen (secondary N) is 16. The minimum Gasteiger partial charge on any atom is -0.508 e. The highest BCUT2D eigenvalue weighted by molar-refractivity contribution is 5.98. The van der Waals surface area contributed by atoms with E-state index in [-0.39, 0.29) is 119 Å². The molecule has 0 aliphatic heterocycles. The van der Waals surface area contributed by atoms with E-state index in [0.717, 1.165) is 0 Å². The average Bonchev–Trinajstić information content (AvgIpc) is 4.14. The molecule has 0 bridgehead atoms. The van der Waals surface area contributed by atoms with E-state index in [1.807, 2.05) is 0 Å². The number of hydrogen-bond acceptors (Lipinski definition) is 16. The number of aromatic nitrogens is 2. The van der Waals surface area contributed by atoms with Crippen molar-refractivity contribution < 1.29 is 58.5 Å². The van der Waals surface area contributed by atoms with Crippen LogP contribution in [0.1, 0.15) is 111 Å². The zero-order valence-electron chi connectivity index (χ0n) is 50.7. The third kappa shape index (κ3) is 28.8. The molecule has 32 nitrogen and oxygen atoms in total. The van der Waals surface area contributed by atoms with Crippen LogP contribution >= 0.6 is 0 Å². The molecule has 32 heteroatoms. The number of imidazole rings is 1. The summed E-state index contributed by atoms with van der Waals surface area (Å²) < 4.78 is 0. The van der Waals surface area contributed by atoms with Gasteiger partial charge in [0.2, 0.25) is 47.3 Å². The van der Waals surface area contributed by atoms with Gasteiger partial charge in [0.15, 0.2) is 17.9 Å². The summed E-state index contributed by atoms with van der Waals surface area (Å²) in [7, 11) is 1.56. The fourth-order valence-corrected chi connectivity index (χ4v) is 8.85. The van der Waals surface area contributed by atoms with Gasteiger partial charge >= 0.3 is 5.97 Å². The van der Waals surface area contributed by atoms with Crippen molar-refractivity contribution >= 4 is 71.1 Å². The Morgan fingerprint density at radius 3 is 1.26 bits per heavy atom. The molecular formula is C55H94N20O12. The molecule has 2 rings (SSSR count). The summed E-state index contributed by atoms with van der Waals surface area (Å²) in [6, 6.07) is -5.88. The zero-order chi connectivity index (χ0) is 65.3. The molecule has 0 fully saturated rings. The molecule has 1 aromatic heterocycles. The first kappa shape index (κ1) is 74.3. The van der Waals surface area contributed by atoms with Gasteiger partial charge in [0.05, 0.1) is 24.7 Å². The minimum atomic E-state index is -1.60. The number of likely N-dealkylation sites (N-methyl/N-ethyl adjacent to an activating group) is 1. The third-order valence-electron chi connectivity index (χ3n) is 13.8. The van der Waals surface area contributed by atoms with Crippen molar-refractivity contribution in [2.75, 3.05) is 33.3 Å². The van der Waals surface area contributed by atoms with Gasteiger partial charge in [-0.15, -0.1) is 0 Å². The molecule has 0 radical (unpaired) electrons. The average molecular weight is 1230 g/mol. The molecule has 2 aromatic rings. The van der Waals surface area contributed by atoms with Gasteiger partial charge in [0, 0.05) is 32.3 Å². The SMILES string of the molecule is CC[C@H](C)[C@H](NC(=O)[C@H](CO)NC(=O)[C@H](CC(C)C)NC(=O)[C@H](CC(C)C)NC(=O)[C@H](CCCNC(=N)N)NC(=O)[C@H](CCCNC(=N)N)NC(=O)[C@H](Cc1c[nH]cn1)NC(=O)[C@H](CCCNC(=N)N)NC(=O)[C@@H](Cc1ccc(O)cc1)NC)C(=O)O. The molecule has 25 N–H and O–H groups in total. The van der Waals surface area contributed by atoms with Crippen molar-refractivity contribution in [3.8, 4) is 5.75 Å². The highest BCUT2D eigenvalue weighted by Gasteiger charge is 2.36. The Balaban J connectivity index is 2.56. The molecule has 0 aliphatic carbocycles. The van der Waals surface area contributed by atoms with Crippen molar-refractivity contribution in [2.45, 2.75) is 167 Å². The molecule has 8 amide bonds. The van der Waals surface area contributed by atoms with Crippen LogP contribution in [-0.4, -0.2) is 184 Å². The number of carboxylic acid groups (broad SMARTS) is 1. The van der Waals surface area contributed by atoms with Crippen LogP contribution < -0.4 is 81.0 Å². The fourth-order valence-electron chi connectivity index (χ4n) is 8.85. The number of hydrogen-bond donors (Lipinski definition) is 22. The van der Waals surface area contributed by atoms with E-state index >= 15 is 0 Å². The molecule has 0 unspecified atom stereocenters. The van der Waals surface area contributed by atoms with Crippen LogP contribution in [0.5, 0.6) is 5.75 Å². The zero-order valence-corrected chi connectivity index (χ0v) is 50.7. The number of H-pyrrole nitrogens is 1. The van der Waals surface area contributed by atoms with E-state index in [0.29, 0.717) is 17.7 Å². The Hall–Kier alpha value is -8.81. The molecule has 0 saturated carbocycles. The van der Waals surface area contributed by atoms with Crippen LogP contribution in [0, 0.1) is 34.0 Å². The Morgan fingerprint density at radius 1 is 0.540 bits per heavy atom. The first-order valence-corrected chi connectivity index (χ1v) is 29.0. The van der Waals surface area contributed by atoms with Crippen LogP contribution in [0.15, 0.2) is 36.8 Å². The minimum absolute atomic E-state index is 0.000872. The lowest BCUT2D eigenvalue weighted by Crippen LogP contribution is -2.61. The van der Waals surface area contributed by atoms with Crippen molar-refractivity contribution in [1.82, 2.24) is 73.8 Å². The molecule has 10 atom stereocenters. The predicted octanol–water partition coefficient (Wildman–Crippen LogP) is -3.63. The number of carboxylic acids is 1. The molecule has 0 spiro atoms. The van der Waals surface area contributed by atoms with Gasteiger partial charge in [-0.05, 0) is 100 Å². The van der Waals surface area contributed by atoms with Crippen LogP contribution in [0.25, 0.3) is 0 Å². The number of phenols is 1. The largest absolute Gasteiger partial charge is 0.508 e. The van der Waals surface area contributed by atoms with Crippen LogP contribution in [0.3, 0.4) is 0 Å². The number of amides is 8.